The van der Waals surface area contributed by atoms with Gasteiger partial charge in [-0.2, -0.15) is 0 Å². The van der Waals surface area contributed by atoms with Gasteiger partial charge in [0.25, 0.3) is 0 Å². The third kappa shape index (κ3) is 8.15. The van der Waals surface area contributed by atoms with E-state index in [1.165, 1.54) is 22.3 Å². The van der Waals surface area contributed by atoms with Crippen molar-refractivity contribution in [3.05, 3.63) is 215 Å². The zero-order valence-electron chi connectivity index (χ0n) is 29.9. The molecule has 0 spiro atoms. The normalized spacial score (nSPS) is 11.3. The highest BCUT2D eigenvalue weighted by Crippen LogP contribution is 2.36. The Balaban J connectivity index is 1.08. The average molecular weight is 673 g/mol. The fourth-order valence-electron chi connectivity index (χ4n) is 6.47. The number of anilines is 6. The summed E-state index contributed by atoms with van der Waals surface area (Å²) in [6.45, 7) is 4.38. The van der Waals surface area contributed by atoms with Crippen molar-refractivity contribution in [2.24, 2.45) is 0 Å². The minimum atomic E-state index is 1.03. The lowest BCUT2D eigenvalue weighted by Crippen LogP contribution is -2.09. The number of aryl methyl sites for hydroxylation is 2. The fraction of sp³-hybridized carbons (Fsp3) is 0.0800. The predicted octanol–water partition coefficient (Wildman–Crippen LogP) is 14.1. The molecular weight excluding hydrogens is 629 g/mol. The van der Waals surface area contributed by atoms with Crippen LogP contribution < -0.4 is 9.80 Å². The topological polar surface area (TPSA) is 6.48 Å². The minimum absolute atomic E-state index is 1.03. The highest BCUT2D eigenvalue weighted by molar-refractivity contribution is 5.82. The second-order valence-corrected chi connectivity index (χ2v) is 12.9. The summed E-state index contributed by atoms with van der Waals surface area (Å²) in [5.74, 6) is 0. The van der Waals surface area contributed by atoms with E-state index in [0.29, 0.717) is 0 Å². The van der Waals surface area contributed by atoms with Gasteiger partial charge in [-0.25, -0.2) is 0 Å². The molecular formula is C50H44N2. The molecule has 0 saturated carbocycles. The average Bonchev–Trinajstić information content (AvgIpc) is 3.22. The van der Waals surface area contributed by atoms with Crippen molar-refractivity contribution >= 4 is 58.4 Å². The van der Waals surface area contributed by atoms with Crippen LogP contribution in [0.15, 0.2) is 182 Å². The summed E-state index contributed by atoms with van der Waals surface area (Å²) in [5, 5.41) is 0. The van der Waals surface area contributed by atoms with Gasteiger partial charge < -0.3 is 9.80 Å². The molecule has 0 fully saturated rings. The van der Waals surface area contributed by atoms with Crippen LogP contribution in [0.4, 0.5) is 34.1 Å². The molecule has 7 aromatic carbocycles. The molecule has 0 atom stereocenters. The van der Waals surface area contributed by atoms with Gasteiger partial charge in [-0.15, -0.1) is 0 Å². The first-order valence-electron chi connectivity index (χ1n) is 18.2. The molecule has 254 valence electrons. The smallest absolute Gasteiger partial charge is 0.0462 e. The zero-order valence-corrected chi connectivity index (χ0v) is 29.9. The van der Waals surface area contributed by atoms with Crippen LogP contribution in [0.2, 0.25) is 0 Å². The van der Waals surface area contributed by atoms with Gasteiger partial charge in [0.15, 0.2) is 0 Å². The van der Waals surface area contributed by atoms with Gasteiger partial charge in [0.2, 0.25) is 0 Å². The van der Waals surface area contributed by atoms with Crippen molar-refractivity contribution in [2.45, 2.75) is 26.7 Å². The predicted molar refractivity (Wildman–Crippen MR) is 225 cm³/mol. The summed E-state index contributed by atoms with van der Waals surface area (Å²) in [6, 6.07) is 65.0. The lowest BCUT2D eigenvalue weighted by atomic mass is 10.0. The lowest BCUT2D eigenvalue weighted by molar-refractivity contribution is 1.14. The summed E-state index contributed by atoms with van der Waals surface area (Å²) < 4.78 is 0. The van der Waals surface area contributed by atoms with Gasteiger partial charge in [-0.3, -0.25) is 0 Å². The van der Waals surface area contributed by atoms with Gasteiger partial charge >= 0.3 is 0 Å². The molecule has 0 aliphatic heterocycles. The first-order chi connectivity index (χ1) is 25.7. The van der Waals surface area contributed by atoms with Crippen LogP contribution in [0.5, 0.6) is 0 Å². The maximum absolute atomic E-state index is 2.31. The van der Waals surface area contributed by atoms with Gasteiger partial charge in [0.1, 0.15) is 0 Å². The summed E-state index contributed by atoms with van der Waals surface area (Å²) in [7, 11) is 0. The Labute approximate surface area is 309 Å². The molecule has 0 radical (unpaired) electrons. The zero-order chi connectivity index (χ0) is 35.5. The number of hydrogen-bond donors (Lipinski definition) is 0. The second-order valence-electron chi connectivity index (χ2n) is 12.9. The van der Waals surface area contributed by atoms with E-state index in [0.717, 1.165) is 58.1 Å². The maximum Gasteiger partial charge on any atom is 0.0462 e. The number of benzene rings is 7. The molecule has 2 heteroatoms. The van der Waals surface area contributed by atoms with Gasteiger partial charge in [-0.05, 0) is 119 Å². The Bertz CT molecular complexity index is 2050. The number of nitrogens with zero attached hydrogens (tertiary/aromatic N) is 2. The molecule has 0 aliphatic rings. The van der Waals surface area contributed by atoms with E-state index in [4.69, 9.17) is 0 Å². The molecule has 0 aliphatic carbocycles. The summed E-state index contributed by atoms with van der Waals surface area (Å²) in [5.41, 5.74) is 14.2. The first kappa shape index (κ1) is 34.1. The standard InChI is InChI=1S/C50H44N2/c1-3-39-21-31-47(32-22-39)51(45-15-7-5-8-16-45)49-35-25-41(26-36-49)19-29-43-13-11-12-14-44(43)30-20-42-27-37-50(38-28-42)52(46-17-9-6-10-18-46)48-33-23-40(4-2)24-34-48/h5-38H,3-4H2,1-2H3. The van der Waals surface area contributed by atoms with E-state index >= 15 is 0 Å². The molecule has 52 heavy (non-hydrogen) atoms. The van der Waals surface area contributed by atoms with Crippen molar-refractivity contribution in [3.63, 3.8) is 0 Å². The van der Waals surface area contributed by atoms with Crippen molar-refractivity contribution < 1.29 is 0 Å². The summed E-state index contributed by atoms with van der Waals surface area (Å²) in [6.07, 6.45) is 10.9. The lowest BCUT2D eigenvalue weighted by Gasteiger charge is -2.25. The largest absolute Gasteiger partial charge is 0.311 e. The van der Waals surface area contributed by atoms with Crippen molar-refractivity contribution in [2.75, 3.05) is 9.80 Å². The molecule has 0 bridgehead atoms. The van der Waals surface area contributed by atoms with E-state index < -0.39 is 0 Å². The van der Waals surface area contributed by atoms with Crippen molar-refractivity contribution in [1.82, 2.24) is 0 Å². The molecule has 2 nitrogen and oxygen atoms in total. The third-order valence-electron chi connectivity index (χ3n) is 9.44. The molecule has 7 rings (SSSR count). The van der Waals surface area contributed by atoms with Gasteiger partial charge in [0, 0.05) is 34.1 Å². The van der Waals surface area contributed by atoms with Crippen molar-refractivity contribution in [3.8, 4) is 0 Å². The Morgan fingerprint density at radius 1 is 0.308 bits per heavy atom. The SMILES string of the molecule is CCc1ccc(N(c2ccccc2)c2ccc(C=Cc3ccccc3C=Cc3ccc(N(c4ccccc4)c4ccc(CC)cc4)cc3)cc2)cc1. The highest BCUT2D eigenvalue weighted by atomic mass is 15.1. The Hall–Kier alpha value is -6.38. The van der Waals surface area contributed by atoms with E-state index in [-0.39, 0.29) is 0 Å². The van der Waals surface area contributed by atoms with Crippen LogP contribution in [0, 0.1) is 0 Å². The van der Waals surface area contributed by atoms with Crippen LogP contribution in [-0.4, -0.2) is 0 Å². The summed E-state index contributed by atoms with van der Waals surface area (Å²) >= 11 is 0. The van der Waals surface area contributed by atoms with E-state index in [1.807, 2.05) is 0 Å². The Morgan fingerprint density at radius 3 is 0.923 bits per heavy atom. The molecule has 7 aromatic rings. The number of rotatable bonds is 12. The summed E-state index contributed by atoms with van der Waals surface area (Å²) in [4.78, 5) is 4.62. The van der Waals surface area contributed by atoms with Crippen molar-refractivity contribution in [1.29, 1.82) is 0 Å². The monoisotopic (exact) mass is 672 g/mol. The van der Waals surface area contributed by atoms with Gasteiger partial charge in [0.05, 0.1) is 0 Å². The van der Waals surface area contributed by atoms with Crippen LogP contribution in [0.3, 0.4) is 0 Å². The molecule has 0 amide bonds. The molecule has 0 aromatic heterocycles. The minimum Gasteiger partial charge on any atom is -0.311 e. The third-order valence-corrected chi connectivity index (χ3v) is 9.44. The number of para-hydroxylation sites is 2. The Kier molecular flexibility index (Phi) is 10.8. The van der Waals surface area contributed by atoms with Crippen LogP contribution in [-0.2, 0) is 12.8 Å². The van der Waals surface area contributed by atoms with E-state index in [2.05, 4.69) is 230 Å². The second kappa shape index (κ2) is 16.6. The first-order valence-corrected chi connectivity index (χ1v) is 18.2. The number of hydrogen-bond acceptors (Lipinski definition) is 2. The van der Waals surface area contributed by atoms with Crippen LogP contribution in [0.25, 0.3) is 24.3 Å². The Morgan fingerprint density at radius 2 is 0.596 bits per heavy atom. The maximum atomic E-state index is 2.31. The fourth-order valence-corrected chi connectivity index (χ4v) is 6.47. The van der Waals surface area contributed by atoms with Crippen LogP contribution >= 0.6 is 0 Å². The molecule has 0 unspecified atom stereocenters. The highest BCUT2D eigenvalue weighted by Gasteiger charge is 2.13. The quantitative estimate of drug-likeness (QED) is 0.119. The van der Waals surface area contributed by atoms with Gasteiger partial charge in [-0.1, -0.05) is 147 Å². The van der Waals surface area contributed by atoms with E-state index in [1.54, 1.807) is 0 Å². The molecule has 0 saturated heterocycles. The molecule has 0 N–H and O–H groups in total. The van der Waals surface area contributed by atoms with Crippen LogP contribution in [0.1, 0.15) is 47.2 Å². The molecule has 0 heterocycles. The van der Waals surface area contributed by atoms with E-state index in [9.17, 15) is 0 Å².